The van der Waals surface area contributed by atoms with Crippen LogP contribution in [-0.2, 0) is 6.54 Å². The van der Waals surface area contributed by atoms with Gasteiger partial charge in [0.05, 0.1) is 12.7 Å². The monoisotopic (exact) mass is 272 g/mol. The fourth-order valence-electron chi connectivity index (χ4n) is 2.50. The Kier molecular flexibility index (Phi) is 3.63. The van der Waals surface area contributed by atoms with Crippen molar-refractivity contribution in [3.63, 3.8) is 0 Å². The lowest BCUT2D eigenvalue weighted by molar-refractivity contribution is 0.0223. The Hall–Kier alpha value is -0.200. The average molecular weight is 273 g/mol. The van der Waals surface area contributed by atoms with Gasteiger partial charge in [0.15, 0.2) is 0 Å². The van der Waals surface area contributed by atoms with Crippen molar-refractivity contribution in [2.45, 2.75) is 12.6 Å². The van der Waals surface area contributed by atoms with E-state index in [0.29, 0.717) is 0 Å². The van der Waals surface area contributed by atoms with Gasteiger partial charge in [-0.1, -0.05) is 11.6 Å². The summed E-state index contributed by atoms with van der Waals surface area (Å²) in [6, 6.07) is 0.757. The topological polar surface area (TPSA) is 31.4 Å². The van der Waals surface area contributed by atoms with Crippen molar-refractivity contribution < 1.29 is 0 Å². The summed E-state index contributed by atoms with van der Waals surface area (Å²) in [5.74, 6) is 0. The maximum absolute atomic E-state index is 5.88. The summed E-state index contributed by atoms with van der Waals surface area (Å²) in [5, 5.41) is 4.53. The second-order valence-electron chi connectivity index (χ2n) is 4.69. The molecular formula is C11H17ClN4S. The minimum atomic E-state index is 0.757. The summed E-state index contributed by atoms with van der Waals surface area (Å²) in [7, 11) is 0. The second kappa shape index (κ2) is 5.20. The van der Waals surface area contributed by atoms with Gasteiger partial charge in [-0.05, 0) is 0 Å². The Morgan fingerprint density at radius 1 is 1.41 bits per heavy atom. The van der Waals surface area contributed by atoms with Gasteiger partial charge in [0.1, 0.15) is 9.34 Å². The zero-order chi connectivity index (χ0) is 11.7. The number of aromatic nitrogens is 1. The molecule has 0 atom stereocenters. The van der Waals surface area contributed by atoms with Crippen LogP contribution in [0.15, 0.2) is 6.20 Å². The van der Waals surface area contributed by atoms with Crippen LogP contribution in [0.3, 0.4) is 0 Å². The van der Waals surface area contributed by atoms with Gasteiger partial charge in [-0.2, -0.15) is 0 Å². The van der Waals surface area contributed by atoms with Gasteiger partial charge < -0.3 is 5.32 Å². The molecule has 3 heterocycles. The van der Waals surface area contributed by atoms with Crippen molar-refractivity contribution >= 4 is 22.9 Å². The van der Waals surface area contributed by atoms with Crippen LogP contribution in [0.1, 0.15) is 5.01 Å². The third-order valence-electron chi connectivity index (χ3n) is 3.49. The van der Waals surface area contributed by atoms with Gasteiger partial charge in [0.2, 0.25) is 0 Å². The predicted molar refractivity (Wildman–Crippen MR) is 70.6 cm³/mol. The Bertz CT molecular complexity index is 371. The number of rotatable bonds is 3. The van der Waals surface area contributed by atoms with Crippen molar-refractivity contribution in [3.8, 4) is 0 Å². The maximum Gasteiger partial charge on any atom is 0.113 e. The van der Waals surface area contributed by atoms with E-state index in [1.807, 2.05) is 0 Å². The zero-order valence-corrected chi connectivity index (χ0v) is 11.3. The zero-order valence-electron chi connectivity index (χ0n) is 9.73. The molecule has 1 aromatic heterocycles. The third-order valence-corrected chi connectivity index (χ3v) is 4.59. The number of nitrogens with one attached hydrogen (secondary N) is 1. The van der Waals surface area contributed by atoms with Crippen LogP contribution < -0.4 is 5.32 Å². The van der Waals surface area contributed by atoms with Crippen molar-refractivity contribution in [3.05, 3.63) is 15.5 Å². The van der Waals surface area contributed by atoms with Gasteiger partial charge in [-0.25, -0.2) is 4.98 Å². The molecule has 0 spiro atoms. The molecule has 0 amide bonds. The Morgan fingerprint density at radius 2 is 2.18 bits per heavy atom. The van der Waals surface area contributed by atoms with Crippen molar-refractivity contribution in [1.82, 2.24) is 20.1 Å². The molecule has 4 nitrogen and oxygen atoms in total. The second-order valence-corrected chi connectivity index (χ2v) is 6.44. The molecule has 3 rings (SSSR count). The lowest BCUT2D eigenvalue weighted by atomic mass is 10.1. The highest BCUT2D eigenvalue weighted by molar-refractivity contribution is 7.15. The van der Waals surface area contributed by atoms with Crippen LogP contribution in [0, 0.1) is 0 Å². The van der Waals surface area contributed by atoms with E-state index in [1.54, 1.807) is 17.5 Å². The maximum atomic E-state index is 5.88. The average Bonchev–Trinajstić information content (AvgIpc) is 2.70. The number of piperazine rings is 1. The van der Waals surface area contributed by atoms with Crippen LogP contribution in [0.25, 0.3) is 0 Å². The van der Waals surface area contributed by atoms with Gasteiger partial charge in [-0.15, -0.1) is 11.3 Å². The summed E-state index contributed by atoms with van der Waals surface area (Å²) < 4.78 is 0.791. The quantitative estimate of drug-likeness (QED) is 0.886. The fraction of sp³-hybridized carbons (Fsp3) is 0.727. The predicted octanol–water partition coefficient (Wildman–Crippen LogP) is 0.886. The van der Waals surface area contributed by atoms with Gasteiger partial charge in [-0.3, -0.25) is 9.80 Å². The van der Waals surface area contributed by atoms with E-state index in [2.05, 4.69) is 20.1 Å². The minimum absolute atomic E-state index is 0.757. The van der Waals surface area contributed by atoms with Crippen molar-refractivity contribution in [1.29, 1.82) is 0 Å². The molecule has 2 saturated heterocycles. The Balaban J connectivity index is 1.45. The van der Waals surface area contributed by atoms with Gasteiger partial charge in [0.25, 0.3) is 0 Å². The first-order valence-corrected chi connectivity index (χ1v) is 7.28. The van der Waals surface area contributed by atoms with Crippen LogP contribution >= 0.6 is 22.9 Å². The highest BCUT2D eigenvalue weighted by atomic mass is 35.5. The summed E-state index contributed by atoms with van der Waals surface area (Å²) in [6.45, 7) is 7.98. The number of nitrogens with zero attached hydrogens (tertiary/aromatic N) is 3. The first-order chi connectivity index (χ1) is 8.31. The van der Waals surface area contributed by atoms with E-state index in [-0.39, 0.29) is 0 Å². The first-order valence-electron chi connectivity index (χ1n) is 6.08. The molecule has 0 radical (unpaired) electrons. The summed E-state index contributed by atoms with van der Waals surface area (Å²) >= 11 is 7.47. The van der Waals surface area contributed by atoms with Crippen molar-refractivity contribution in [2.75, 3.05) is 39.3 Å². The van der Waals surface area contributed by atoms with Crippen LogP contribution in [0.5, 0.6) is 0 Å². The standard InChI is InChI=1S/C11H17ClN4S/c12-10-5-14-11(17-10)8-15-6-9(7-15)16-3-1-13-2-4-16/h5,9,13H,1-4,6-8H2. The number of hydrogen-bond donors (Lipinski definition) is 1. The van der Waals surface area contributed by atoms with E-state index in [0.717, 1.165) is 35.0 Å². The molecule has 0 aromatic carbocycles. The summed E-state index contributed by atoms with van der Waals surface area (Å²) in [4.78, 5) is 9.34. The van der Waals surface area contributed by atoms with E-state index in [9.17, 15) is 0 Å². The smallest absolute Gasteiger partial charge is 0.113 e. The Morgan fingerprint density at radius 3 is 2.82 bits per heavy atom. The molecule has 1 aromatic rings. The molecule has 0 aliphatic carbocycles. The number of thiazole rings is 1. The van der Waals surface area contributed by atoms with Gasteiger partial charge >= 0.3 is 0 Å². The lowest BCUT2D eigenvalue weighted by Gasteiger charge is -2.46. The molecule has 2 fully saturated rings. The Labute approximate surface area is 111 Å². The largest absolute Gasteiger partial charge is 0.314 e. The van der Waals surface area contributed by atoms with Gasteiger partial charge in [0, 0.05) is 45.3 Å². The molecule has 1 N–H and O–H groups in total. The number of hydrogen-bond acceptors (Lipinski definition) is 5. The number of halogens is 1. The summed E-state index contributed by atoms with van der Waals surface area (Å²) in [6.07, 6.45) is 1.75. The molecule has 0 bridgehead atoms. The SMILES string of the molecule is Clc1cnc(CN2CC(N3CCNCC3)C2)s1. The van der Waals surface area contributed by atoms with Crippen LogP contribution in [0.2, 0.25) is 4.34 Å². The van der Waals surface area contributed by atoms with E-state index >= 15 is 0 Å². The number of likely N-dealkylation sites (tertiary alicyclic amines) is 1. The van der Waals surface area contributed by atoms with Crippen LogP contribution in [0.4, 0.5) is 0 Å². The lowest BCUT2D eigenvalue weighted by Crippen LogP contribution is -2.62. The van der Waals surface area contributed by atoms with Crippen LogP contribution in [-0.4, -0.2) is 60.1 Å². The summed E-state index contributed by atoms with van der Waals surface area (Å²) in [5.41, 5.74) is 0. The molecule has 94 valence electrons. The highest BCUT2D eigenvalue weighted by Crippen LogP contribution is 2.23. The molecule has 0 unspecified atom stereocenters. The van der Waals surface area contributed by atoms with E-state index in [4.69, 9.17) is 11.6 Å². The fourth-order valence-corrected chi connectivity index (χ4v) is 3.50. The highest BCUT2D eigenvalue weighted by Gasteiger charge is 2.32. The van der Waals surface area contributed by atoms with E-state index in [1.165, 1.54) is 26.2 Å². The molecule has 0 saturated carbocycles. The molecule has 6 heteroatoms. The molecular weight excluding hydrogens is 256 g/mol. The molecule has 17 heavy (non-hydrogen) atoms. The van der Waals surface area contributed by atoms with E-state index < -0.39 is 0 Å². The minimum Gasteiger partial charge on any atom is -0.314 e. The first kappa shape index (κ1) is 11.9. The normalized spacial score (nSPS) is 23.8. The third kappa shape index (κ3) is 2.80. The molecule has 2 aliphatic rings. The molecule has 2 aliphatic heterocycles. The van der Waals surface area contributed by atoms with Crippen molar-refractivity contribution in [2.24, 2.45) is 0 Å².